The summed E-state index contributed by atoms with van der Waals surface area (Å²) in [5.41, 5.74) is 4.15. The molecule has 1 atom stereocenters. The Morgan fingerprint density at radius 3 is 2.53 bits per heavy atom. The molecule has 0 N–H and O–H groups in total. The topological polar surface area (TPSA) is 46.8 Å². The lowest BCUT2D eigenvalue weighted by Gasteiger charge is -2.35. The van der Waals surface area contributed by atoms with Gasteiger partial charge in [-0.2, -0.15) is 0 Å². The number of hydrogen-bond donors (Lipinski definition) is 0. The summed E-state index contributed by atoms with van der Waals surface area (Å²) in [6, 6.07) is 19.2. The molecule has 0 bridgehead atoms. The minimum Gasteiger partial charge on any atom is -0.309 e. The Hall–Kier alpha value is -3.38. The molecule has 0 aliphatic carbocycles. The number of aryl methyl sites for hydroxylation is 1. The van der Waals surface area contributed by atoms with Gasteiger partial charge >= 0.3 is 0 Å². The van der Waals surface area contributed by atoms with Crippen LogP contribution in [0, 0.1) is 12.7 Å². The molecule has 2 aromatic carbocycles. The number of hydrogen-bond acceptors (Lipinski definition) is 4. The number of aromatic nitrogens is 4. The SMILES string of the molecule is Cc1cncc(-c2nnc3n2CCN(C(c2ccccc2)c2cccc(F)c2)C3)c1. The third-order valence-corrected chi connectivity index (χ3v) is 5.56. The molecule has 0 spiro atoms. The van der Waals surface area contributed by atoms with E-state index >= 15 is 0 Å². The first-order valence-corrected chi connectivity index (χ1v) is 10.1. The van der Waals surface area contributed by atoms with Crippen LogP contribution in [0.1, 0.15) is 28.6 Å². The van der Waals surface area contributed by atoms with Crippen LogP contribution in [0.5, 0.6) is 0 Å². The fraction of sp³-hybridized carbons (Fsp3) is 0.208. The fourth-order valence-electron chi connectivity index (χ4n) is 4.21. The monoisotopic (exact) mass is 399 g/mol. The molecule has 6 heteroatoms. The second-order valence-electron chi connectivity index (χ2n) is 7.68. The smallest absolute Gasteiger partial charge is 0.165 e. The molecule has 0 fully saturated rings. The summed E-state index contributed by atoms with van der Waals surface area (Å²) in [6.07, 6.45) is 3.67. The number of nitrogens with zero attached hydrogens (tertiary/aromatic N) is 5. The van der Waals surface area contributed by atoms with Crippen LogP contribution in [0.3, 0.4) is 0 Å². The molecule has 30 heavy (non-hydrogen) atoms. The van der Waals surface area contributed by atoms with Crippen molar-refractivity contribution in [2.75, 3.05) is 6.54 Å². The zero-order valence-corrected chi connectivity index (χ0v) is 16.7. The second kappa shape index (κ2) is 7.80. The molecule has 4 aromatic rings. The molecular weight excluding hydrogens is 377 g/mol. The van der Waals surface area contributed by atoms with Gasteiger partial charge in [-0.15, -0.1) is 10.2 Å². The van der Waals surface area contributed by atoms with Gasteiger partial charge in [0, 0.05) is 31.0 Å². The summed E-state index contributed by atoms with van der Waals surface area (Å²) < 4.78 is 16.2. The number of pyridine rings is 1. The molecule has 0 radical (unpaired) electrons. The zero-order valence-electron chi connectivity index (χ0n) is 16.7. The van der Waals surface area contributed by atoms with Gasteiger partial charge in [-0.1, -0.05) is 42.5 Å². The highest BCUT2D eigenvalue weighted by molar-refractivity contribution is 5.55. The van der Waals surface area contributed by atoms with Crippen LogP contribution in [0.4, 0.5) is 4.39 Å². The largest absolute Gasteiger partial charge is 0.309 e. The van der Waals surface area contributed by atoms with Crippen molar-refractivity contribution in [3.8, 4) is 11.4 Å². The van der Waals surface area contributed by atoms with Crippen molar-refractivity contribution in [1.82, 2.24) is 24.6 Å². The van der Waals surface area contributed by atoms with E-state index < -0.39 is 0 Å². The molecule has 0 saturated heterocycles. The van der Waals surface area contributed by atoms with Gasteiger partial charge in [0.05, 0.1) is 12.6 Å². The first kappa shape index (κ1) is 18.6. The molecular formula is C24H22FN5. The van der Waals surface area contributed by atoms with Crippen molar-refractivity contribution < 1.29 is 4.39 Å². The van der Waals surface area contributed by atoms with Gasteiger partial charge in [-0.05, 0) is 41.8 Å². The van der Waals surface area contributed by atoms with Crippen LogP contribution < -0.4 is 0 Å². The number of rotatable bonds is 4. The first-order valence-electron chi connectivity index (χ1n) is 10.1. The number of halogens is 1. The lowest BCUT2D eigenvalue weighted by Crippen LogP contribution is -2.37. The molecule has 1 unspecified atom stereocenters. The lowest BCUT2D eigenvalue weighted by atomic mass is 9.96. The van der Waals surface area contributed by atoms with Gasteiger partial charge in [-0.25, -0.2) is 4.39 Å². The Labute approximate surface area is 174 Å². The Kier molecular flexibility index (Phi) is 4.85. The standard InChI is InChI=1S/C24H22FN5/c1-17-12-20(15-26-14-17)24-28-27-22-16-29(10-11-30(22)24)23(18-6-3-2-4-7-18)19-8-5-9-21(25)13-19/h2-9,12-15,23H,10-11,16H2,1H3. The van der Waals surface area contributed by atoms with Crippen LogP contribution in [-0.4, -0.2) is 31.2 Å². The molecule has 1 aliphatic heterocycles. The highest BCUT2D eigenvalue weighted by Crippen LogP contribution is 2.32. The Morgan fingerprint density at radius 2 is 1.73 bits per heavy atom. The number of fused-ring (bicyclic) bond motifs is 1. The van der Waals surface area contributed by atoms with E-state index in [0.717, 1.165) is 47.0 Å². The third-order valence-electron chi connectivity index (χ3n) is 5.56. The molecule has 0 saturated carbocycles. The van der Waals surface area contributed by atoms with Crippen LogP contribution in [0.15, 0.2) is 73.1 Å². The molecule has 150 valence electrons. The van der Waals surface area contributed by atoms with Gasteiger partial charge < -0.3 is 4.57 Å². The predicted molar refractivity (Wildman–Crippen MR) is 113 cm³/mol. The van der Waals surface area contributed by atoms with Crippen molar-refractivity contribution in [3.63, 3.8) is 0 Å². The Bertz CT molecular complexity index is 1170. The summed E-state index contributed by atoms with van der Waals surface area (Å²) in [5, 5.41) is 8.92. The van der Waals surface area contributed by atoms with Crippen molar-refractivity contribution >= 4 is 0 Å². The second-order valence-corrected chi connectivity index (χ2v) is 7.68. The van der Waals surface area contributed by atoms with Crippen molar-refractivity contribution in [1.29, 1.82) is 0 Å². The predicted octanol–water partition coefficient (Wildman–Crippen LogP) is 4.39. The lowest BCUT2D eigenvalue weighted by molar-refractivity contribution is 0.176. The maximum atomic E-state index is 14.0. The van der Waals surface area contributed by atoms with Crippen molar-refractivity contribution in [3.05, 3.63) is 101 Å². The van der Waals surface area contributed by atoms with E-state index in [9.17, 15) is 4.39 Å². The summed E-state index contributed by atoms with van der Waals surface area (Å²) in [4.78, 5) is 6.63. The molecule has 1 aliphatic rings. The molecule has 5 rings (SSSR count). The van der Waals surface area contributed by atoms with Crippen LogP contribution in [0.25, 0.3) is 11.4 Å². The van der Waals surface area contributed by atoms with Gasteiger partial charge in [0.1, 0.15) is 11.6 Å². The maximum absolute atomic E-state index is 14.0. The van der Waals surface area contributed by atoms with Gasteiger partial charge in [0.2, 0.25) is 0 Å². The van der Waals surface area contributed by atoms with Gasteiger partial charge in [-0.3, -0.25) is 9.88 Å². The summed E-state index contributed by atoms with van der Waals surface area (Å²) in [6.45, 7) is 4.25. The fourth-order valence-corrected chi connectivity index (χ4v) is 4.21. The summed E-state index contributed by atoms with van der Waals surface area (Å²) in [5.74, 6) is 1.54. The Morgan fingerprint density at radius 1 is 0.900 bits per heavy atom. The quantitative estimate of drug-likeness (QED) is 0.511. The minimum atomic E-state index is -0.220. The van der Waals surface area contributed by atoms with Crippen LogP contribution in [0.2, 0.25) is 0 Å². The molecule has 3 heterocycles. The van der Waals surface area contributed by atoms with E-state index in [1.807, 2.05) is 43.6 Å². The summed E-state index contributed by atoms with van der Waals surface area (Å²) >= 11 is 0. The van der Waals surface area contributed by atoms with Crippen molar-refractivity contribution in [2.24, 2.45) is 0 Å². The average Bonchev–Trinajstić information content (AvgIpc) is 3.18. The third kappa shape index (κ3) is 3.50. The normalized spacial score (nSPS) is 15.0. The van der Waals surface area contributed by atoms with E-state index in [-0.39, 0.29) is 11.9 Å². The highest BCUT2D eigenvalue weighted by Gasteiger charge is 2.29. The number of benzene rings is 2. The van der Waals surface area contributed by atoms with Gasteiger partial charge in [0.15, 0.2) is 5.82 Å². The Balaban J connectivity index is 1.50. The first-order chi connectivity index (χ1) is 14.7. The van der Waals surface area contributed by atoms with E-state index in [1.165, 1.54) is 6.07 Å². The van der Waals surface area contributed by atoms with Crippen molar-refractivity contribution in [2.45, 2.75) is 26.1 Å². The average molecular weight is 399 g/mol. The van der Waals surface area contributed by atoms with Crippen LogP contribution >= 0.6 is 0 Å². The molecule has 0 amide bonds. The molecule has 2 aromatic heterocycles. The summed E-state index contributed by atoms with van der Waals surface area (Å²) in [7, 11) is 0. The maximum Gasteiger partial charge on any atom is 0.165 e. The van der Waals surface area contributed by atoms with E-state index in [1.54, 1.807) is 12.1 Å². The minimum absolute atomic E-state index is 0.0450. The highest BCUT2D eigenvalue weighted by atomic mass is 19.1. The van der Waals surface area contributed by atoms with Crippen LogP contribution in [-0.2, 0) is 13.1 Å². The zero-order chi connectivity index (χ0) is 20.5. The van der Waals surface area contributed by atoms with E-state index in [0.29, 0.717) is 6.54 Å². The van der Waals surface area contributed by atoms with E-state index in [4.69, 9.17) is 0 Å². The molecule has 5 nitrogen and oxygen atoms in total. The van der Waals surface area contributed by atoms with Gasteiger partial charge in [0.25, 0.3) is 0 Å². The van der Waals surface area contributed by atoms with E-state index in [2.05, 4.69) is 42.8 Å².